The summed E-state index contributed by atoms with van der Waals surface area (Å²) in [6, 6.07) is 2.22. The third-order valence-corrected chi connectivity index (χ3v) is 2.48. The maximum absolute atomic E-state index is 4.98. The lowest BCUT2D eigenvalue weighted by Crippen LogP contribution is -2.05. The van der Waals surface area contributed by atoms with Crippen LogP contribution in [0.4, 0.5) is 17.6 Å². The highest BCUT2D eigenvalue weighted by Crippen LogP contribution is 2.18. The Kier molecular flexibility index (Phi) is 3.16. The van der Waals surface area contributed by atoms with Gasteiger partial charge in [-0.25, -0.2) is 0 Å². The van der Waals surface area contributed by atoms with Crippen LogP contribution in [0.2, 0.25) is 0 Å². The van der Waals surface area contributed by atoms with Crippen LogP contribution in [-0.2, 0) is 0 Å². The molecular formula is C9H11N5OS. The van der Waals surface area contributed by atoms with E-state index in [2.05, 4.69) is 25.6 Å². The molecule has 0 spiro atoms. The molecule has 0 aromatic carbocycles. The topological polar surface area (TPSA) is 72.0 Å². The maximum atomic E-state index is 4.98. The quantitative estimate of drug-likeness (QED) is 0.843. The fraction of sp³-hybridized carbons (Fsp3) is 0.222. The molecule has 0 atom stereocenters. The molecule has 2 aromatic rings. The van der Waals surface area contributed by atoms with Gasteiger partial charge in [-0.2, -0.15) is 26.3 Å². The van der Waals surface area contributed by atoms with Crippen LogP contribution in [0.5, 0.6) is 6.01 Å². The Balaban J connectivity index is 2.26. The first-order valence-electron chi connectivity index (χ1n) is 4.59. The normalized spacial score (nSPS) is 9.88. The zero-order valence-electron chi connectivity index (χ0n) is 8.89. The summed E-state index contributed by atoms with van der Waals surface area (Å²) in [5, 5.41) is 9.84. The molecule has 0 unspecified atom stereocenters. The summed E-state index contributed by atoms with van der Waals surface area (Å²) in [4.78, 5) is 12.2. The average molecular weight is 237 g/mol. The molecule has 0 aliphatic rings. The summed E-state index contributed by atoms with van der Waals surface area (Å²) < 4.78 is 4.98. The van der Waals surface area contributed by atoms with Gasteiger partial charge in [-0.05, 0) is 11.4 Å². The average Bonchev–Trinajstić information content (AvgIpc) is 2.81. The molecule has 6 nitrogen and oxygen atoms in total. The van der Waals surface area contributed by atoms with Crippen molar-refractivity contribution in [1.29, 1.82) is 0 Å². The van der Waals surface area contributed by atoms with Crippen molar-refractivity contribution in [2.75, 3.05) is 24.8 Å². The molecule has 0 saturated heterocycles. The molecule has 0 bridgehead atoms. The van der Waals surface area contributed by atoms with Crippen molar-refractivity contribution >= 4 is 28.9 Å². The first-order chi connectivity index (χ1) is 7.81. The van der Waals surface area contributed by atoms with E-state index in [1.54, 1.807) is 18.4 Å². The number of thiophene rings is 1. The Morgan fingerprint density at radius 3 is 2.69 bits per heavy atom. The van der Waals surface area contributed by atoms with Gasteiger partial charge in [-0.15, -0.1) is 0 Å². The van der Waals surface area contributed by atoms with E-state index < -0.39 is 0 Å². The molecule has 84 valence electrons. The number of nitrogens with one attached hydrogen (secondary N) is 2. The zero-order valence-corrected chi connectivity index (χ0v) is 9.71. The zero-order chi connectivity index (χ0) is 11.4. The fourth-order valence-corrected chi connectivity index (χ4v) is 1.67. The van der Waals surface area contributed by atoms with Crippen LogP contribution in [0, 0.1) is 0 Å². The van der Waals surface area contributed by atoms with Crippen LogP contribution in [-0.4, -0.2) is 29.1 Å². The molecular weight excluding hydrogens is 226 g/mol. The van der Waals surface area contributed by atoms with Crippen molar-refractivity contribution in [3.05, 3.63) is 16.8 Å². The fourth-order valence-electron chi connectivity index (χ4n) is 1.08. The van der Waals surface area contributed by atoms with Crippen molar-refractivity contribution < 1.29 is 4.74 Å². The molecule has 16 heavy (non-hydrogen) atoms. The molecule has 2 rings (SSSR count). The van der Waals surface area contributed by atoms with Gasteiger partial charge >= 0.3 is 6.01 Å². The van der Waals surface area contributed by atoms with E-state index in [1.165, 1.54) is 7.11 Å². The van der Waals surface area contributed by atoms with E-state index in [-0.39, 0.29) is 6.01 Å². The third-order valence-electron chi connectivity index (χ3n) is 1.80. The van der Waals surface area contributed by atoms with Crippen LogP contribution in [0.1, 0.15) is 0 Å². The second kappa shape index (κ2) is 4.75. The van der Waals surface area contributed by atoms with Crippen LogP contribution < -0.4 is 15.4 Å². The number of methoxy groups -OCH3 is 1. The van der Waals surface area contributed by atoms with E-state index in [0.29, 0.717) is 11.9 Å². The van der Waals surface area contributed by atoms with Gasteiger partial charge in [0, 0.05) is 12.4 Å². The largest absolute Gasteiger partial charge is 0.467 e. The lowest BCUT2D eigenvalue weighted by molar-refractivity contribution is 0.379. The summed E-state index contributed by atoms with van der Waals surface area (Å²) in [7, 11) is 3.26. The summed E-state index contributed by atoms with van der Waals surface area (Å²) in [5.41, 5.74) is 0.945. The van der Waals surface area contributed by atoms with Crippen molar-refractivity contribution in [3.8, 4) is 6.01 Å². The number of hydrogen-bond donors (Lipinski definition) is 2. The van der Waals surface area contributed by atoms with Gasteiger partial charge in [0.2, 0.25) is 11.9 Å². The van der Waals surface area contributed by atoms with Gasteiger partial charge in [0.1, 0.15) is 0 Å². The smallest absolute Gasteiger partial charge is 0.322 e. The molecule has 7 heteroatoms. The van der Waals surface area contributed by atoms with E-state index >= 15 is 0 Å². The van der Waals surface area contributed by atoms with Crippen LogP contribution in [0.25, 0.3) is 0 Å². The lowest BCUT2D eigenvalue weighted by atomic mass is 10.5. The van der Waals surface area contributed by atoms with Crippen molar-refractivity contribution in [3.63, 3.8) is 0 Å². The minimum absolute atomic E-state index is 0.275. The number of aromatic nitrogens is 3. The summed E-state index contributed by atoms with van der Waals surface area (Å²) in [6.07, 6.45) is 0. The minimum atomic E-state index is 0.275. The van der Waals surface area contributed by atoms with Crippen LogP contribution in [0.3, 0.4) is 0 Å². The number of anilines is 3. The Morgan fingerprint density at radius 2 is 2.06 bits per heavy atom. The van der Waals surface area contributed by atoms with Gasteiger partial charge in [-0.3, -0.25) is 0 Å². The number of rotatable bonds is 4. The molecule has 0 radical (unpaired) electrons. The first-order valence-corrected chi connectivity index (χ1v) is 5.53. The van der Waals surface area contributed by atoms with Crippen molar-refractivity contribution in [2.24, 2.45) is 0 Å². The summed E-state index contributed by atoms with van der Waals surface area (Å²) >= 11 is 1.60. The minimum Gasteiger partial charge on any atom is -0.467 e. The second-order valence-corrected chi connectivity index (χ2v) is 3.64. The molecule has 0 amide bonds. The maximum Gasteiger partial charge on any atom is 0.322 e. The Morgan fingerprint density at radius 1 is 1.25 bits per heavy atom. The number of ether oxygens (including phenoxy) is 1. The molecule has 0 fully saturated rings. The second-order valence-electron chi connectivity index (χ2n) is 2.86. The Hall–Kier alpha value is -1.89. The Labute approximate surface area is 96.7 Å². The van der Waals surface area contributed by atoms with Gasteiger partial charge in [-0.1, -0.05) is 0 Å². The van der Waals surface area contributed by atoms with E-state index in [0.717, 1.165) is 5.69 Å². The monoisotopic (exact) mass is 237 g/mol. The van der Waals surface area contributed by atoms with E-state index in [1.807, 2.05) is 16.8 Å². The summed E-state index contributed by atoms with van der Waals surface area (Å²) in [6.45, 7) is 0. The molecule has 2 aromatic heterocycles. The first kappa shape index (κ1) is 10.6. The van der Waals surface area contributed by atoms with Crippen molar-refractivity contribution in [1.82, 2.24) is 15.0 Å². The molecule has 0 saturated carbocycles. The van der Waals surface area contributed by atoms with Crippen molar-refractivity contribution in [2.45, 2.75) is 0 Å². The highest BCUT2D eigenvalue weighted by molar-refractivity contribution is 7.08. The summed E-state index contributed by atoms with van der Waals surface area (Å²) in [5.74, 6) is 0.916. The number of nitrogens with zero attached hydrogens (tertiary/aromatic N) is 3. The molecule has 2 N–H and O–H groups in total. The molecule has 0 aliphatic heterocycles. The molecule has 0 aliphatic carbocycles. The van der Waals surface area contributed by atoms with Gasteiger partial charge in [0.05, 0.1) is 12.8 Å². The van der Waals surface area contributed by atoms with Gasteiger partial charge < -0.3 is 15.4 Å². The third kappa shape index (κ3) is 2.37. The van der Waals surface area contributed by atoms with Crippen LogP contribution in [0.15, 0.2) is 16.8 Å². The predicted octanol–water partition coefficient (Wildman–Crippen LogP) is 1.73. The highest BCUT2D eigenvalue weighted by atomic mass is 32.1. The number of hydrogen-bond acceptors (Lipinski definition) is 7. The van der Waals surface area contributed by atoms with E-state index in [9.17, 15) is 0 Å². The van der Waals surface area contributed by atoms with E-state index in [4.69, 9.17) is 4.74 Å². The van der Waals surface area contributed by atoms with Gasteiger partial charge in [0.25, 0.3) is 0 Å². The highest BCUT2D eigenvalue weighted by Gasteiger charge is 2.05. The predicted molar refractivity (Wildman–Crippen MR) is 63.5 cm³/mol. The SMILES string of the molecule is CNc1nc(Nc2ccsc2)nc(OC)n1. The standard InChI is InChI=1S/C9H11N5OS/c1-10-7-12-8(14-9(13-7)15-2)11-6-3-4-16-5-6/h3-5H,1-2H3,(H2,10,11,12,13,14). The lowest BCUT2D eigenvalue weighted by Gasteiger charge is -2.06. The van der Waals surface area contributed by atoms with Gasteiger partial charge in [0.15, 0.2) is 0 Å². The van der Waals surface area contributed by atoms with Crippen LogP contribution >= 0.6 is 11.3 Å². The Bertz CT molecular complexity index is 437. The molecule has 2 heterocycles.